The molecule has 2 saturated heterocycles. The van der Waals surface area contributed by atoms with Crippen molar-refractivity contribution in [3.63, 3.8) is 0 Å². The molecule has 0 spiro atoms. The molecule has 8 heteroatoms. The Balaban J connectivity index is 1.43. The lowest BCUT2D eigenvalue weighted by atomic mass is 9.85. The Kier molecular flexibility index (Phi) is 5.80. The molecular formula is C30H20ClFN2O4. The lowest BCUT2D eigenvalue weighted by Crippen LogP contribution is -2.46. The predicted octanol–water partition coefficient (Wildman–Crippen LogP) is 4.86. The molecule has 3 heterocycles. The van der Waals surface area contributed by atoms with Gasteiger partial charge in [0.25, 0.3) is 0 Å². The smallest absolute Gasteiger partial charge is 0.240 e. The topological polar surface area (TPSA) is 74.8 Å². The lowest BCUT2D eigenvalue weighted by Gasteiger charge is -2.32. The Labute approximate surface area is 222 Å². The van der Waals surface area contributed by atoms with Gasteiger partial charge in [0, 0.05) is 27.9 Å². The maximum atomic E-state index is 13.8. The molecule has 0 unspecified atom stereocenters. The van der Waals surface area contributed by atoms with Crippen molar-refractivity contribution in [1.29, 1.82) is 0 Å². The Morgan fingerprint density at radius 3 is 2.13 bits per heavy atom. The van der Waals surface area contributed by atoms with Crippen LogP contribution in [-0.2, 0) is 9.59 Å². The van der Waals surface area contributed by atoms with Crippen molar-refractivity contribution in [1.82, 2.24) is 4.90 Å². The first kappa shape index (κ1) is 24.0. The van der Waals surface area contributed by atoms with E-state index in [2.05, 4.69) is 0 Å². The summed E-state index contributed by atoms with van der Waals surface area (Å²) in [6.07, 6.45) is 4.91. The third-order valence-electron chi connectivity index (χ3n) is 7.33. The second-order valence-corrected chi connectivity index (χ2v) is 9.86. The Morgan fingerprint density at radius 2 is 1.45 bits per heavy atom. The van der Waals surface area contributed by atoms with Gasteiger partial charge >= 0.3 is 0 Å². The molecule has 6 nitrogen and oxygen atoms in total. The van der Waals surface area contributed by atoms with Gasteiger partial charge in [-0.15, -0.1) is 0 Å². The molecule has 0 radical (unpaired) electrons. The van der Waals surface area contributed by atoms with E-state index in [0.29, 0.717) is 21.7 Å². The number of imide groups is 1. The average Bonchev–Trinajstić information content (AvgIpc) is 3.41. The molecule has 0 N–H and O–H groups in total. The van der Waals surface area contributed by atoms with Crippen LogP contribution in [0, 0.1) is 17.7 Å². The largest absolute Gasteiger partial charge is 0.359 e. The van der Waals surface area contributed by atoms with Crippen LogP contribution in [0.3, 0.4) is 0 Å². The molecule has 3 aliphatic rings. The maximum absolute atomic E-state index is 13.8. The van der Waals surface area contributed by atoms with Crippen molar-refractivity contribution in [2.24, 2.45) is 11.8 Å². The van der Waals surface area contributed by atoms with E-state index in [4.69, 9.17) is 11.6 Å². The summed E-state index contributed by atoms with van der Waals surface area (Å²) in [6, 6.07) is 18.5. The van der Waals surface area contributed by atoms with Crippen LogP contribution in [0.1, 0.15) is 20.7 Å². The zero-order valence-electron chi connectivity index (χ0n) is 19.8. The molecule has 188 valence electrons. The van der Waals surface area contributed by atoms with Crippen LogP contribution in [-0.4, -0.2) is 40.4 Å². The molecule has 6 rings (SSSR count). The van der Waals surface area contributed by atoms with E-state index < -0.39 is 41.6 Å². The minimum absolute atomic E-state index is 0.224. The highest BCUT2D eigenvalue weighted by molar-refractivity contribution is 6.30. The third-order valence-corrected chi connectivity index (χ3v) is 7.58. The summed E-state index contributed by atoms with van der Waals surface area (Å²) in [4.78, 5) is 57.2. The fourth-order valence-corrected chi connectivity index (χ4v) is 5.71. The van der Waals surface area contributed by atoms with Gasteiger partial charge in [-0.2, -0.15) is 0 Å². The van der Waals surface area contributed by atoms with Crippen molar-refractivity contribution in [3.05, 3.63) is 125 Å². The molecule has 2 amide bonds. The standard InChI is InChI=1S/C30H20ClFN2O4/c31-20-8-6-18(7-9-20)28(36)26-25-24(29(37)34(30(25)38)22-12-10-21(32)11-13-22)23-16-19(14-15-33(23)26)27(35)17-4-2-1-3-5-17/h1-16,23-26H/t23-,24-,25-,26+/m0/s1. The number of allylic oxidation sites excluding steroid dienone is 2. The van der Waals surface area contributed by atoms with E-state index in [1.54, 1.807) is 71.8 Å². The Hall–Kier alpha value is -4.36. The number of halogens is 2. The van der Waals surface area contributed by atoms with Gasteiger partial charge in [0.05, 0.1) is 23.6 Å². The van der Waals surface area contributed by atoms with Gasteiger partial charge in [-0.25, -0.2) is 9.29 Å². The summed E-state index contributed by atoms with van der Waals surface area (Å²) in [6.45, 7) is 0. The van der Waals surface area contributed by atoms with E-state index in [1.807, 2.05) is 6.07 Å². The summed E-state index contributed by atoms with van der Waals surface area (Å²) in [5.41, 5.74) is 1.44. The molecule has 3 aliphatic heterocycles. The SMILES string of the molecule is O=C(C1=C[C@H]2[C@@H]3C(=O)N(c4ccc(F)cc4)C(=O)[C@@H]3[C@H](C(=O)c3ccc(Cl)cc3)N2C=C1)c1ccccc1. The molecule has 0 bridgehead atoms. The Bertz CT molecular complexity index is 1530. The summed E-state index contributed by atoms with van der Waals surface area (Å²) in [7, 11) is 0. The van der Waals surface area contributed by atoms with E-state index in [0.717, 1.165) is 4.90 Å². The van der Waals surface area contributed by atoms with Gasteiger partial charge in [-0.05, 0) is 54.6 Å². The van der Waals surface area contributed by atoms with Crippen LogP contribution in [0.4, 0.5) is 10.1 Å². The summed E-state index contributed by atoms with van der Waals surface area (Å²) >= 11 is 6.01. The summed E-state index contributed by atoms with van der Waals surface area (Å²) in [5.74, 6) is -3.99. The normalized spacial score (nSPS) is 23.8. The third kappa shape index (κ3) is 3.78. The molecular weight excluding hydrogens is 507 g/mol. The van der Waals surface area contributed by atoms with Crippen LogP contribution < -0.4 is 4.90 Å². The first-order valence-corrected chi connectivity index (χ1v) is 12.4. The van der Waals surface area contributed by atoms with Gasteiger partial charge in [-0.1, -0.05) is 48.0 Å². The molecule has 0 aliphatic carbocycles. The second-order valence-electron chi connectivity index (χ2n) is 9.43. The highest BCUT2D eigenvalue weighted by atomic mass is 35.5. The number of hydrogen-bond acceptors (Lipinski definition) is 5. The predicted molar refractivity (Wildman–Crippen MR) is 139 cm³/mol. The fraction of sp³-hybridized carbons (Fsp3) is 0.133. The van der Waals surface area contributed by atoms with Gasteiger partial charge in [-0.3, -0.25) is 19.2 Å². The van der Waals surface area contributed by atoms with Crippen molar-refractivity contribution in [3.8, 4) is 0 Å². The first-order valence-electron chi connectivity index (χ1n) is 12.1. The van der Waals surface area contributed by atoms with Crippen LogP contribution in [0.2, 0.25) is 5.02 Å². The van der Waals surface area contributed by atoms with E-state index in [1.165, 1.54) is 24.3 Å². The van der Waals surface area contributed by atoms with Crippen LogP contribution >= 0.6 is 11.6 Å². The molecule has 0 saturated carbocycles. The van der Waals surface area contributed by atoms with Gasteiger partial charge in [0.1, 0.15) is 11.9 Å². The number of nitrogens with zero attached hydrogens (tertiary/aromatic N) is 2. The van der Waals surface area contributed by atoms with E-state index >= 15 is 0 Å². The van der Waals surface area contributed by atoms with Crippen molar-refractivity contribution in [2.75, 3.05) is 4.90 Å². The molecule has 3 aromatic rings. The number of amides is 2. The van der Waals surface area contributed by atoms with Gasteiger partial charge < -0.3 is 4.90 Å². The molecule has 0 aromatic heterocycles. The first-order chi connectivity index (χ1) is 18.3. The number of carbonyl (C=O) groups excluding carboxylic acids is 4. The van der Waals surface area contributed by atoms with Crippen LogP contribution in [0.5, 0.6) is 0 Å². The van der Waals surface area contributed by atoms with Crippen molar-refractivity contribution < 1.29 is 23.6 Å². The minimum Gasteiger partial charge on any atom is -0.359 e. The second kappa shape index (κ2) is 9.19. The molecule has 4 atom stereocenters. The van der Waals surface area contributed by atoms with Crippen LogP contribution in [0.25, 0.3) is 0 Å². The van der Waals surface area contributed by atoms with Crippen molar-refractivity contribution >= 4 is 40.7 Å². The number of benzene rings is 3. The Morgan fingerprint density at radius 1 is 0.789 bits per heavy atom. The number of Topliss-reactive ketones (excluding diaryl/α,β-unsaturated/α-hetero) is 2. The zero-order valence-corrected chi connectivity index (χ0v) is 20.6. The molecule has 38 heavy (non-hydrogen) atoms. The number of fused-ring (bicyclic) bond motifs is 3. The van der Waals surface area contributed by atoms with Crippen LogP contribution in [0.15, 0.2) is 103 Å². The number of ketones is 2. The van der Waals surface area contributed by atoms with Crippen molar-refractivity contribution in [2.45, 2.75) is 12.1 Å². The number of carbonyl (C=O) groups is 4. The molecule has 2 fully saturated rings. The quantitative estimate of drug-likeness (QED) is 0.351. The molecule has 3 aromatic carbocycles. The summed E-state index contributed by atoms with van der Waals surface area (Å²) < 4.78 is 13.6. The van der Waals surface area contributed by atoms with Gasteiger partial charge in [0.15, 0.2) is 11.6 Å². The minimum atomic E-state index is -0.993. The highest BCUT2D eigenvalue weighted by Gasteiger charge is 2.63. The van der Waals surface area contributed by atoms with Gasteiger partial charge in [0.2, 0.25) is 11.8 Å². The average molecular weight is 527 g/mol. The fourth-order valence-electron chi connectivity index (χ4n) is 5.58. The summed E-state index contributed by atoms with van der Waals surface area (Å²) in [5, 5.41) is 0.461. The number of hydrogen-bond donors (Lipinski definition) is 0. The number of rotatable bonds is 5. The van der Waals surface area contributed by atoms with E-state index in [9.17, 15) is 23.6 Å². The lowest BCUT2D eigenvalue weighted by molar-refractivity contribution is -0.123. The maximum Gasteiger partial charge on any atom is 0.240 e. The monoisotopic (exact) mass is 526 g/mol. The highest BCUT2D eigenvalue weighted by Crippen LogP contribution is 2.47. The zero-order chi connectivity index (χ0) is 26.6. The number of anilines is 1. The van der Waals surface area contributed by atoms with E-state index in [-0.39, 0.29) is 17.3 Å².